The molecular formula is C12H6N2O4S. The van der Waals surface area contributed by atoms with Crippen LogP contribution in [0, 0.1) is 0 Å². The highest BCUT2D eigenvalue weighted by molar-refractivity contribution is 7.15. The Morgan fingerprint density at radius 3 is 2.74 bits per heavy atom. The highest BCUT2D eigenvalue weighted by Gasteiger charge is 2.40. The van der Waals surface area contributed by atoms with Gasteiger partial charge in [-0.3, -0.25) is 14.6 Å². The van der Waals surface area contributed by atoms with Crippen molar-refractivity contribution in [2.24, 2.45) is 0 Å². The van der Waals surface area contributed by atoms with Crippen LogP contribution in [0.25, 0.3) is 0 Å². The van der Waals surface area contributed by atoms with Gasteiger partial charge in [-0.25, -0.2) is 9.69 Å². The first kappa shape index (κ1) is 11.5. The van der Waals surface area contributed by atoms with E-state index in [0.29, 0.717) is 0 Å². The monoisotopic (exact) mass is 274 g/mol. The van der Waals surface area contributed by atoms with Gasteiger partial charge in [0.2, 0.25) is 0 Å². The highest BCUT2D eigenvalue weighted by atomic mass is 32.1. The van der Waals surface area contributed by atoms with Crippen molar-refractivity contribution >= 4 is 34.1 Å². The summed E-state index contributed by atoms with van der Waals surface area (Å²) in [6, 6.07) is 4.41. The SMILES string of the molecule is O=C(O)c1ccsc1N1C(=O)c2cccnc2C1=O. The van der Waals surface area contributed by atoms with Crippen molar-refractivity contribution in [2.75, 3.05) is 4.90 Å². The Morgan fingerprint density at radius 1 is 1.26 bits per heavy atom. The fourth-order valence-electron chi connectivity index (χ4n) is 1.89. The molecule has 0 fully saturated rings. The van der Waals surface area contributed by atoms with Gasteiger partial charge >= 0.3 is 5.97 Å². The molecule has 0 saturated carbocycles. The third kappa shape index (κ3) is 1.55. The molecule has 2 aromatic rings. The summed E-state index contributed by atoms with van der Waals surface area (Å²) in [4.78, 5) is 40.1. The van der Waals surface area contributed by atoms with Gasteiger partial charge in [-0.15, -0.1) is 11.3 Å². The number of hydrogen-bond acceptors (Lipinski definition) is 5. The van der Waals surface area contributed by atoms with Crippen LogP contribution in [0.2, 0.25) is 0 Å². The molecule has 1 N–H and O–H groups in total. The zero-order chi connectivity index (χ0) is 13.6. The minimum Gasteiger partial charge on any atom is -0.478 e. The number of amides is 2. The molecule has 3 heterocycles. The Hall–Kier alpha value is -2.54. The average Bonchev–Trinajstić information content (AvgIpc) is 2.95. The summed E-state index contributed by atoms with van der Waals surface area (Å²) in [5.41, 5.74) is 0.175. The second-order valence-corrected chi connectivity index (χ2v) is 4.68. The number of imide groups is 1. The first-order valence-electron chi connectivity index (χ1n) is 5.26. The Morgan fingerprint density at radius 2 is 2.05 bits per heavy atom. The Kier molecular flexibility index (Phi) is 2.42. The normalized spacial score (nSPS) is 13.8. The molecule has 2 amide bonds. The van der Waals surface area contributed by atoms with Crippen LogP contribution in [0.4, 0.5) is 5.00 Å². The van der Waals surface area contributed by atoms with E-state index in [1.54, 1.807) is 6.07 Å². The van der Waals surface area contributed by atoms with E-state index in [9.17, 15) is 14.4 Å². The molecule has 0 bridgehead atoms. The number of anilines is 1. The molecule has 6 nitrogen and oxygen atoms in total. The number of carboxylic acids is 1. The van der Waals surface area contributed by atoms with E-state index < -0.39 is 17.8 Å². The molecular weight excluding hydrogens is 268 g/mol. The van der Waals surface area contributed by atoms with E-state index in [1.807, 2.05) is 0 Å². The van der Waals surface area contributed by atoms with Crippen molar-refractivity contribution < 1.29 is 19.5 Å². The maximum Gasteiger partial charge on any atom is 0.338 e. The van der Waals surface area contributed by atoms with Crippen molar-refractivity contribution in [2.45, 2.75) is 0 Å². The van der Waals surface area contributed by atoms with Crippen molar-refractivity contribution in [1.82, 2.24) is 4.98 Å². The van der Waals surface area contributed by atoms with E-state index >= 15 is 0 Å². The minimum absolute atomic E-state index is 0.0530. The van der Waals surface area contributed by atoms with Gasteiger partial charge in [0.1, 0.15) is 10.7 Å². The maximum atomic E-state index is 12.2. The minimum atomic E-state index is -1.18. The van der Waals surface area contributed by atoms with Crippen molar-refractivity contribution in [3.63, 3.8) is 0 Å². The van der Waals surface area contributed by atoms with Gasteiger partial charge in [0, 0.05) is 6.20 Å². The van der Waals surface area contributed by atoms with Gasteiger partial charge in [-0.1, -0.05) is 0 Å². The van der Waals surface area contributed by atoms with Crippen LogP contribution < -0.4 is 4.90 Å². The van der Waals surface area contributed by atoms with Gasteiger partial charge in [0.05, 0.1) is 11.1 Å². The fraction of sp³-hybridized carbons (Fsp3) is 0. The number of carbonyl (C=O) groups is 3. The molecule has 2 aromatic heterocycles. The fourth-order valence-corrected chi connectivity index (χ4v) is 2.78. The Balaban J connectivity index is 2.14. The second-order valence-electron chi connectivity index (χ2n) is 3.79. The maximum absolute atomic E-state index is 12.2. The molecule has 1 aliphatic rings. The summed E-state index contributed by atoms with van der Waals surface area (Å²) in [5, 5.41) is 10.7. The molecule has 7 heteroatoms. The molecule has 0 atom stereocenters. The van der Waals surface area contributed by atoms with Gasteiger partial charge in [0.15, 0.2) is 0 Å². The molecule has 0 aromatic carbocycles. The first-order chi connectivity index (χ1) is 9.11. The van der Waals surface area contributed by atoms with Crippen molar-refractivity contribution in [3.05, 3.63) is 46.6 Å². The predicted molar refractivity (Wildman–Crippen MR) is 66.7 cm³/mol. The Labute approximate surface area is 110 Å². The van der Waals surface area contributed by atoms with Crippen molar-refractivity contribution in [1.29, 1.82) is 0 Å². The lowest BCUT2D eigenvalue weighted by molar-refractivity contribution is 0.0698. The van der Waals surface area contributed by atoms with Gasteiger partial charge < -0.3 is 5.11 Å². The molecule has 94 valence electrons. The van der Waals surface area contributed by atoms with Crippen LogP contribution >= 0.6 is 11.3 Å². The van der Waals surface area contributed by atoms with Gasteiger partial charge in [0.25, 0.3) is 11.8 Å². The number of carboxylic acid groups (broad SMARTS) is 1. The number of aromatic nitrogens is 1. The zero-order valence-corrected chi connectivity index (χ0v) is 10.2. The van der Waals surface area contributed by atoms with Crippen LogP contribution in [0.5, 0.6) is 0 Å². The molecule has 0 aliphatic carbocycles. The van der Waals surface area contributed by atoms with E-state index in [-0.39, 0.29) is 21.8 Å². The summed E-state index contributed by atoms with van der Waals surface area (Å²) in [5.74, 6) is -2.32. The summed E-state index contributed by atoms with van der Waals surface area (Å²) in [6.07, 6.45) is 1.42. The summed E-state index contributed by atoms with van der Waals surface area (Å²) < 4.78 is 0. The van der Waals surface area contributed by atoms with Crippen LogP contribution in [0.1, 0.15) is 31.2 Å². The number of carbonyl (C=O) groups excluding carboxylic acids is 2. The van der Waals surface area contributed by atoms with E-state index in [2.05, 4.69) is 4.98 Å². The van der Waals surface area contributed by atoms with Gasteiger partial charge in [-0.05, 0) is 23.6 Å². The molecule has 19 heavy (non-hydrogen) atoms. The lowest BCUT2D eigenvalue weighted by atomic mass is 10.2. The van der Waals surface area contributed by atoms with E-state index in [0.717, 1.165) is 16.2 Å². The number of pyridine rings is 1. The quantitative estimate of drug-likeness (QED) is 0.841. The molecule has 0 radical (unpaired) electrons. The number of rotatable bonds is 2. The molecule has 0 saturated heterocycles. The standard InChI is InChI=1S/C12H6N2O4S/c15-9-6-2-1-4-13-8(6)10(16)14(9)11-7(12(17)18)3-5-19-11/h1-5H,(H,17,18). The van der Waals surface area contributed by atoms with Crippen molar-refractivity contribution in [3.8, 4) is 0 Å². The lowest BCUT2D eigenvalue weighted by Gasteiger charge is -2.11. The number of thiophene rings is 1. The van der Waals surface area contributed by atoms with Crippen LogP contribution in [0.15, 0.2) is 29.8 Å². The molecule has 0 unspecified atom stereocenters. The van der Waals surface area contributed by atoms with Gasteiger partial charge in [-0.2, -0.15) is 0 Å². The smallest absolute Gasteiger partial charge is 0.338 e. The van der Waals surface area contributed by atoms with Crippen LogP contribution in [0.3, 0.4) is 0 Å². The van der Waals surface area contributed by atoms with Crippen LogP contribution in [-0.4, -0.2) is 27.9 Å². The van der Waals surface area contributed by atoms with E-state index in [1.165, 1.54) is 23.7 Å². The number of fused-ring (bicyclic) bond motifs is 1. The average molecular weight is 274 g/mol. The summed E-state index contributed by atoms with van der Waals surface area (Å²) >= 11 is 1.03. The summed E-state index contributed by atoms with van der Waals surface area (Å²) in [7, 11) is 0. The number of nitrogens with zero attached hydrogens (tertiary/aromatic N) is 2. The topological polar surface area (TPSA) is 87.6 Å². The molecule has 3 rings (SSSR count). The number of aromatic carboxylic acids is 1. The summed E-state index contributed by atoms with van der Waals surface area (Å²) in [6.45, 7) is 0. The predicted octanol–water partition coefficient (Wildman–Crippen LogP) is 1.64. The lowest BCUT2D eigenvalue weighted by Crippen LogP contribution is -2.30. The first-order valence-corrected chi connectivity index (χ1v) is 6.14. The zero-order valence-electron chi connectivity index (χ0n) is 9.36. The molecule has 1 aliphatic heterocycles. The second kappa shape index (κ2) is 3.99. The van der Waals surface area contributed by atoms with Crippen LogP contribution in [-0.2, 0) is 0 Å². The molecule has 0 spiro atoms. The third-order valence-corrected chi connectivity index (χ3v) is 3.62. The third-order valence-electron chi connectivity index (χ3n) is 2.73. The Bertz CT molecular complexity index is 687. The largest absolute Gasteiger partial charge is 0.478 e. The highest BCUT2D eigenvalue weighted by Crippen LogP contribution is 2.33. The van der Waals surface area contributed by atoms with E-state index in [4.69, 9.17) is 5.11 Å². The number of hydrogen-bond donors (Lipinski definition) is 1.